The molecule has 2 N–H and O–H groups in total. The lowest BCUT2D eigenvalue weighted by molar-refractivity contribution is 0.596. The topological polar surface area (TPSA) is 71.2 Å². The average molecular weight is 400 g/mol. The first-order valence-corrected chi connectivity index (χ1v) is 9.90. The number of aromatic nitrogens is 3. The zero-order valence-corrected chi connectivity index (χ0v) is 16.4. The fourth-order valence-electron chi connectivity index (χ4n) is 3.97. The Morgan fingerprint density at radius 2 is 1.57 bits per heavy atom. The molecule has 2 aromatic carbocycles. The molecule has 1 aliphatic heterocycles. The van der Waals surface area contributed by atoms with Gasteiger partial charge >= 0.3 is 0 Å². The predicted molar refractivity (Wildman–Crippen MR) is 118 cm³/mol. The molecule has 5 rings (SSSR count). The van der Waals surface area contributed by atoms with Gasteiger partial charge in [0.25, 0.3) is 0 Å². The molecule has 2 aromatic heterocycles. The number of benzene rings is 2. The van der Waals surface area contributed by atoms with Crippen molar-refractivity contribution in [3.63, 3.8) is 0 Å². The largest absolute Gasteiger partial charge is 0.384 e. The summed E-state index contributed by atoms with van der Waals surface area (Å²) in [6, 6.07) is 16.9. The third-order valence-electron chi connectivity index (χ3n) is 5.50. The van der Waals surface area contributed by atoms with E-state index in [4.69, 9.17) is 5.73 Å². The smallest absolute Gasteiger partial charge is 0.146 e. The standard InChI is InChI=1S/C23H21FN6/c24-19-3-1-2-4-21(19)29-9-11-30(12-10-29)23-18-13-16(5-6-20(18)27-15-28-23)17-7-8-26-22(25)14-17/h1-8,13-15H,9-12H2,(H2,25,26). The second kappa shape index (κ2) is 7.59. The number of nitrogen functional groups attached to an aromatic ring is 1. The van der Waals surface area contributed by atoms with Crippen molar-refractivity contribution >= 4 is 28.2 Å². The summed E-state index contributed by atoms with van der Waals surface area (Å²) >= 11 is 0. The third kappa shape index (κ3) is 3.39. The Morgan fingerprint density at radius 1 is 0.800 bits per heavy atom. The predicted octanol–water partition coefficient (Wildman–Crippen LogP) is 3.74. The Hall–Kier alpha value is -3.74. The maximum absolute atomic E-state index is 14.1. The van der Waals surface area contributed by atoms with Gasteiger partial charge < -0.3 is 15.5 Å². The number of para-hydroxylation sites is 1. The first-order valence-electron chi connectivity index (χ1n) is 9.90. The van der Waals surface area contributed by atoms with E-state index in [9.17, 15) is 4.39 Å². The minimum absolute atomic E-state index is 0.181. The molecule has 1 saturated heterocycles. The number of piperazine rings is 1. The van der Waals surface area contributed by atoms with E-state index in [-0.39, 0.29) is 5.82 Å². The third-order valence-corrected chi connectivity index (χ3v) is 5.50. The van der Waals surface area contributed by atoms with E-state index in [2.05, 4.69) is 30.8 Å². The van der Waals surface area contributed by atoms with Gasteiger partial charge in [-0.05, 0) is 47.5 Å². The number of rotatable bonds is 3. The molecule has 0 spiro atoms. The summed E-state index contributed by atoms with van der Waals surface area (Å²) in [5.74, 6) is 1.21. The number of hydrogen-bond donors (Lipinski definition) is 1. The Balaban J connectivity index is 1.45. The summed E-state index contributed by atoms with van der Waals surface area (Å²) in [6.45, 7) is 2.97. The molecular formula is C23H21FN6. The molecule has 4 aromatic rings. The summed E-state index contributed by atoms with van der Waals surface area (Å²) in [5.41, 5.74) is 9.44. The van der Waals surface area contributed by atoms with Crippen LogP contribution in [-0.2, 0) is 0 Å². The molecule has 1 aliphatic rings. The van der Waals surface area contributed by atoms with Crippen LogP contribution < -0.4 is 15.5 Å². The molecule has 6 nitrogen and oxygen atoms in total. The van der Waals surface area contributed by atoms with E-state index in [1.165, 1.54) is 6.07 Å². The minimum atomic E-state index is -0.181. The van der Waals surface area contributed by atoms with Gasteiger partial charge in [-0.15, -0.1) is 0 Å². The number of pyridine rings is 1. The van der Waals surface area contributed by atoms with Gasteiger partial charge in [0, 0.05) is 37.8 Å². The SMILES string of the molecule is Nc1cc(-c2ccc3ncnc(N4CCN(c5ccccc5F)CC4)c3c2)ccn1. The van der Waals surface area contributed by atoms with Crippen molar-refractivity contribution in [3.05, 3.63) is 72.9 Å². The lowest BCUT2D eigenvalue weighted by Gasteiger charge is -2.37. The van der Waals surface area contributed by atoms with Gasteiger partial charge in [-0.2, -0.15) is 0 Å². The quantitative estimate of drug-likeness (QED) is 0.565. The summed E-state index contributed by atoms with van der Waals surface area (Å²) in [7, 11) is 0. The molecule has 0 amide bonds. The summed E-state index contributed by atoms with van der Waals surface area (Å²) in [5, 5.41) is 0.990. The van der Waals surface area contributed by atoms with Gasteiger partial charge in [0.15, 0.2) is 0 Å². The average Bonchev–Trinajstić information content (AvgIpc) is 2.79. The number of hydrogen-bond acceptors (Lipinski definition) is 6. The Kier molecular flexibility index (Phi) is 4.63. The van der Waals surface area contributed by atoms with Crippen LogP contribution in [0, 0.1) is 5.82 Å². The van der Waals surface area contributed by atoms with Crippen molar-refractivity contribution < 1.29 is 4.39 Å². The number of nitrogens with two attached hydrogens (primary N) is 1. The molecule has 7 heteroatoms. The van der Waals surface area contributed by atoms with Crippen LogP contribution in [-0.4, -0.2) is 41.1 Å². The van der Waals surface area contributed by atoms with E-state index in [1.54, 1.807) is 18.6 Å². The molecule has 0 radical (unpaired) electrons. The molecule has 0 aliphatic carbocycles. The fraction of sp³-hybridized carbons (Fsp3) is 0.174. The second-order valence-electron chi connectivity index (χ2n) is 7.32. The highest BCUT2D eigenvalue weighted by Gasteiger charge is 2.22. The molecule has 1 fully saturated rings. The Labute approximate surface area is 173 Å². The van der Waals surface area contributed by atoms with E-state index in [0.717, 1.165) is 54.0 Å². The van der Waals surface area contributed by atoms with Gasteiger partial charge in [0.1, 0.15) is 23.8 Å². The van der Waals surface area contributed by atoms with E-state index < -0.39 is 0 Å². The van der Waals surface area contributed by atoms with Gasteiger partial charge in [-0.1, -0.05) is 18.2 Å². The fourth-order valence-corrected chi connectivity index (χ4v) is 3.97. The van der Waals surface area contributed by atoms with Gasteiger partial charge in [0.05, 0.1) is 11.2 Å². The van der Waals surface area contributed by atoms with E-state index in [0.29, 0.717) is 11.5 Å². The Bertz CT molecular complexity index is 1200. The van der Waals surface area contributed by atoms with Crippen LogP contribution in [0.15, 0.2) is 67.1 Å². The highest BCUT2D eigenvalue weighted by atomic mass is 19.1. The Morgan fingerprint density at radius 3 is 2.37 bits per heavy atom. The highest BCUT2D eigenvalue weighted by molar-refractivity contribution is 5.93. The highest BCUT2D eigenvalue weighted by Crippen LogP contribution is 2.30. The molecule has 150 valence electrons. The van der Waals surface area contributed by atoms with Crippen molar-refractivity contribution in [1.82, 2.24) is 15.0 Å². The molecule has 0 bridgehead atoms. The number of halogens is 1. The van der Waals surface area contributed by atoms with Crippen LogP contribution in [0.1, 0.15) is 0 Å². The van der Waals surface area contributed by atoms with Gasteiger partial charge in [0.2, 0.25) is 0 Å². The number of anilines is 3. The zero-order chi connectivity index (χ0) is 20.5. The lowest BCUT2D eigenvalue weighted by atomic mass is 10.0. The molecule has 30 heavy (non-hydrogen) atoms. The first kappa shape index (κ1) is 18.3. The molecule has 0 saturated carbocycles. The summed E-state index contributed by atoms with van der Waals surface area (Å²) < 4.78 is 14.1. The van der Waals surface area contributed by atoms with E-state index in [1.807, 2.05) is 36.4 Å². The van der Waals surface area contributed by atoms with Crippen LogP contribution in [0.25, 0.3) is 22.0 Å². The van der Waals surface area contributed by atoms with E-state index >= 15 is 0 Å². The van der Waals surface area contributed by atoms with Crippen LogP contribution >= 0.6 is 0 Å². The molecular weight excluding hydrogens is 379 g/mol. The molecule has 0 atom stereocenters. The zero-order valence-electron chi connectivity index (χ0n) is 16.4. The first-order chi connectivity index (χ1) is 14.7. The maximum Gasteiger partial charge on any atom is 0.146 e. The maximum atomic E-state index is 14.1. The minimum Gasteiger partial charge on any atom is -0.384 e. The number of fused-ring (bicyclic) bond motifs is 1. The lowest BCUT2D eigenvalue weighted by Crippen LogP contribution is -2.47. The normalized spacial score (nSPS) is 14.3. The number of nitrogens with zero attached hydrogens (tertiary/aromatic N) is 5. The van der Waals surface area contributed by atoms with Gasteiger partial charge in [-0.25, -0.2) is 19.3 Å². The van der Waals surface area contributed by atoms with Crippen LogP contribution in [0.2, 0.25) is 0 Å². The van der Waals surface area contributed by atoms with Crippen molar-refractivity contribution in [2.75, 3.05) is 41.7 Å². The van der Waals surface area contributed by atoms with Gasteiger partial charge in [-0.3, -0.25) is 0 Å². The summed E-state index contributed by atoms with van der Waals surface area (Å²) in [4.78, 5) is 17.4. The molecule has 3 heterocycles. The van der Waals surface area contributed by atoms with Crippen LogP contribution in [0.5, 0.6) is 0 Å². The van der Waals surface area contributed by atoms with Crippen molar-refractivity contribution in [3.8, 4) is 11.1 Å². The van der Waals surface area contributed by atoms with Crippen LogP contribution in [0.3, 0.4) is 0 Å². The monoisotopic (exact) mass is 400 g/mol. The van der Waals surface area contributed by atoms with Crippen molar-refractivity contribution in [2.24, 2.45) is 0 Å². The van der Waals surface area contributed by atoms with Crippen molar-refractivity contribution in [1.29, 1.82) is 0 Å². The van der Waals surface area contributed by atoms with Crippen molar-refractivity contribution in [2.45, 2.75) is 0 Å². The summed E-state index contributed by atoms with van der Waals surface area (Å²) in [6.07, 6.45) is 3.31. The van der Waals surface area contributed by atoms with Crippen LogP contribution in [0.4, 0.5) is 21.7 Å². The molecule has 0 unspecified atom stereocenters. The second-order valence-corrected chi connectivity index (χ2v) is 7.32.